The molecule has 1 heterocycles. The summed E-state index contributed by atoms with van der Waals surface area (Å²) < 4.78 is 51.5. The maximum absolute atomic E-state index is 13.4. The van der Waals surface area contributed by atoms with E-state index < -0.39 is 17.6 Å². The Hall–Kier alpha value is -1.14. The van der Waals surface area contributed by atoms with Gasteiger partial charge in [-0.25, -0.2) is 4.39 Å². The van der Waals surface area contributed by atoms with Gasteiger partial charge in [-0.1, -0.05) is 0 Å². The SMILES string of the molecule is CN1CCC(CN)C1c1cc(F)cc(C(F)(F)F)c1. The van der Waals surface area contributed by atoms with E-state index in [2.05, 4.69) is 0 Å². The average Bonchev–Trinajstić information content (AvgIpc) is 2.68. The first-order valence-electron chi connectivity index (χ1n) is 6.11. The van der Waals surface area contributed by atoms with Gasteiger partial charge in [-0.15, -0.1) is 0 Å². The summed E-state index contributed by atoms with van der Waals surface area (Å²) in [4.78, 5) is 1.92. The summed E-state index contributed by atoms with van der Waals surface area (Å²) in [5, 5.41) is 0. The number of nitrogens with two attached hydrogens (primary N) is 1. The molecule has 19 heavy (non-hydrogen) atoms. The Morgan fingerprint density at radius 1 is 1.32 bits per heavy atom. The second-order valence-electron chi connectivity index (χ2n) is 4.98. The van der Waals surface area contributed by atoms with Gasteiger partial charge in [-0.2, -0.15) is 13.2 Å². The standard InChI is InChI=1S/C13H16F4N2/c1-19-3-2-8(7-18)12(19)9-4-10(13(15,16)17)6-11(14)5-9/h4-6,8,12H,2-3,7,18H2,1H3. The van der Waals surface area contributed by atoms with Crippen LogP contribution in [-0.4, -0.2) is 25.0 Å². The summed E-state index contributed by atoms with van der Waals surface area (Å²) in [5.74, 6) is -0.797. The second kappa shape index (κ2) is 5.09. The predicted molar refractivity (Wildman–Crippen MR) is 63.9 cm³/mol. The van der Waals surface area contributed by atoms with Crippen molar-refractivity contribution in [2.45, 2.75) is 18.6 Å². The van der Waals surface area contributed by atoms with Crippen LogP contribution in [-0.2, 0) is 6.18 Å². The molecule has 2 N–H and O–H groups in total. The van der Waals surface area contributed by atoms with E-state index in [-0.39, 0.29) is 12.0 Å². The van der Waals surface area contributed by atoms with Gasteiger partial charge in [-0.3, -0.25) is 4.90 Å². The number of nitrogens with zero attached hydrogens (tertiary/aromatic N) is 1. The molecule has 0 bridgehead atoms. The molecule has 1 fully saturated rings. The molecule has 1 aliphatic rings. The number of benzene rings is 1. The molecule has 1 aromatic rings. The zero-order chi connectivity index (χ0) is 14.2. The third-order valence-corrected chi connectivity index (χ3v) is 3.67. The van der Waals surface area contributed by atoms with Crippen LogP contribution in [0.1, 0.15) is 23.6 Å². The fourth-order valence-corrected chi connectivity index (χ4v) is 2.75. The Kier molecular flexibility index (Phi) is 3.82. The van der Waals surface area contributed by atoms with E-state index in [1.54, 1.807) is 0 Å². The van der Waals surface area contributed by atoms with E-state index in [0.717, 1.165) is 19.0 Å². The van der Waals surface area contributed by atoms with Gasteiger partial charge in [0.15, 0.2) is 0 Å². The zero-order valence-electron chi connectivity index (χ0n) is 10.5. The van der Waals surface area contributed by atoms with Crippen molar-refractivity contribution in [3.05, 3.63) is 35.1 Å². The van der Waals surface area contributed by atoms with Crippen LogP contribution in [0.4, 0.5) is 17.6 Å². The zero-order valence-corrected chi connectivity index (χ0v) is 10.5. The van der Waals surface area contributed by atoms with E-state index in [1.165, 1.54) is 6.07 Å². The molecule has 2 rings (SSSR count). The first kappa shape index (κ1) is 14.3. The molecule has 1 aromatic carbocycles. The third kappa shape index (κ3) is 2.90. The maximum Gasteiger partial charge on any atom is 0.416 e. The van der Waals surface area contributed by atoms with Gasteiger partial charge in [0.1, 0.15) is 5.82 Å². The summed E-state index contributed by atoms with van der Waals surface area (Å²) in [7, 11) is 1.82. The van der Waals surface area contributed by atoms with Crippen LogP contribution in [0, 0.1) is 11.7 Å². The van der Waals surface area contributed by atoms with Crippen LogP contribution >= 0.6 is 0 Å². The van der Waals surface area contributed by atoms with Crippen molar-refractivity contribution >= 4 is 0 Å². The van der Waals surface area contributed by atoms with E-state index in [1.807, 2.05) is 11.9 Å². The first-order valence-corrected chi connectivity index (χ1v) is 6.11. The Bertz CT molecular complexity index is 458. The molecule has 1 saturated heterocycles. The monoisotopic (exact) mass is 276 g/mol. The summed E-state index contributed by atoms with van der Waals surface area (Å²) in [6.45, 7) is 1.14. The quantitative estimate of drug-likeness (QED) is 0.842. The molecule has 0 aliphatic carbocycles. The lowest BCUT2D eigenvalue weighted by Gasteiger charge is -2.25. The minimum atomic E-state index is -4.54. The second-order valence-corrected chi connectivity index (χ2v) is 4.98. The number of alkyl halides is 3. The highest BCUT2D eigenvalue weighted by molar-refractivity contribution is 5.30. The number of hydrogen-bond donors (Lipinski definition) is 1. The van der Waals surface area contributed by atoms with E-state index in [9.17, 15) is 17.6 Å². The molecule has 0 radical (unpaired) electrons. The van der Waals surface area contributed by atoms with Crippen molar-refractivity contribution in [1.82, 2.24) is 4.90 Å². The molecular formula is C13H16F4N2. The van der Waals surface area contributed by atoms with Crippen LogP contribution in [0.5, 0.6) is 0 Å². The Labute approximate surface area is 109 Å². The number of hydrogen-bond acceptors (Lipinski definition) is 2. The Balaban J connectivity index is 2.42. The molecule has 6 heteroatoms. The number of likely N-dealkylation sites (tertiary alicyclic amines) is 1. The molecule has 0 saturated carbocycles. The summed E-state index contributed by atoms with van der Waals surface area (Å²) in [6.07, 6.45) is -3.72. The molecule has 2 unspecified atom stereocenters. The Morgan fingerprint density at radius 3 is 2.58 bits per heavy atom. The molecule has 0 amide bonds. The van der Waals surface area contributed by atoms with Crippen LogP contribution < -0.4 is 5.73 Å². The van der Waals surface area contributed by atoms with Crippen molar-refractivity contribution in [2.24, 2.45) is 11.7 Å². The van der Waals surface area contributed by atoms with E-state index >= 15 is 0 Å². The lowest BCUT2D eigenvalue weighted by Crippen LogP contribution is -2.25. The van der Waals surface area contributed by atoms with Crippen LogP contribution in [0.25, 0.3) is 0 Å². The molecule has 106 valence electrons. The van der Waals surface area contributed by atoms with Gasteiger partial charge in [-0.05, 0) is 56.2 Å². The minimum absolute atomic E-state index is 0.0629. The fourth-order valence-electron chi connectivity index (χ4n) is 2.75. The molecule has 0 spiro atoms. The smallest absolute Gasteiger partial charge is 0.330 e. The predicted octanol–water partition coefficient (Wildman–Crippen LogP) is 2.80. The normalized spacial score (nSPS) is 24.9. The minimum Gasteiger partial charge on any atom is -0.330 e. The largest absolute Gasteiger partial charge is 0.416 e. The summed E-state index contributed by atoms with van der Waals surface area (Å²) in [5.41, 5.74) is 5.05. The van der Waals surface area contributed by atoms with Crippen LogP contribution in [0.3, 0.4) is 0 Å². The van der Waals surface area contributed by atoms with Crippen LogP contribution in [0.15, 0.2) is 18.2 Å². The first-order chi connectivity index (χ1) is 8.82. The van der Waals surface area contributed by atoms with Gasteiger partial charge in [0, 0.05) is 6.04 Å². The van der Waals surface area contributed by atoms with Gasteiger partial charge in [0.25, 0.3) is 0 Å². The summed E-state index contributed by atoms with van der Waals surface area (Å²) >= 11 is 0. The summed E-state index contributed by atoms with van der Waals surface area (Å²) in [6, 6.07) is 2.47. The van der Waals surface area contributed by atoms with E-state index in [0.29, 0.717) is 18.2 Å². The van der Waals surface area contributed by atoms with Crippen molar-refractivity contribution in [3.63, 3.8) is 0 Å². The van der Waals surface area contributed by atoms with Crippen LogP contribution in [0.2, 0.25) is 0 Å². The van der Waals surface area contributed by atoms with Crippen molar-refractivity contribution < 1.29 is 17.6 Å². The van der Waals surface area contributed by atoms with Gasteiger partial charge < -0.3 is 5.73 Å². The molecule has 1 aliphatic heterocycles. The van der Waals surface area contributed by atoms with Crippen molar-refractivity contribution in [3.8, 4) is 0 Å². The van der Waals surface area contributed by atoms with Crippen molar-refractivity contribution in [1.29, 1.82) is 0 Å². The van der Waals surface area contributed by atoms with Gasteiger partial charge in [0.2, 0.25) is 0 Å². The average molecular weight is 276 g/mol. The van der Waals surface area contributed by atoms with Gasteiger partial charge in [0.05, 0.1) is 5.56 Å². The number of halogens is 4. The van der Waals surface area contributed by atoms with E-state index in [4.69, 9.17) is 5.73 Å². The van der Waals surface area contributed by atoms with Gasteiger partial charge >= 0.3 is 6.18 Å². The van der Waals surface area contributed by atoms with Crippen molar-refractivity contribution in [2.75, 3.05) is 20.1 Å². The lowest BCUT2D eigenvalue weighted by atomic mass is 9.92. The highest BCUT2D eigenvalue weighted by Gasteiger charge is 2.36. The molecule has 2 atom stereocenters. The highest BCUT2D eigenvalue weighted by Crippen LogP contribution is 2.38. The highest BCUT2D eigenvalue weighted by atomic mass is 19.4. The molecule has 2 nitrogen and oxygen atoms in total. The fraction of sp³-hybridized carbons (Fsp3) is 0.538. The third-order valence-electron chi connectivity index (χ3n) is 3.67. The number of rotatable bonds is 2. The topological polar surface area (TPSA) is 29.3 Å². The molecular weight excluding hydrogens is 260 g/mol. The molecule has 0 aromatic heterocycles. The Morgan fingerprint density at radius 2 is 2.00 bits per heavy atom. The maximum atomic E-state index is 13.4. The lowest BCUT2D eigenvalue weighted by molar-refractivity contribution is -0.137.